The largest absolute Gasteiger partial charge is 0.491 e. The number of nitriles is 1. The van der Waals surface area contributed by atoms with Gasteiger partial charge in [-0.3, -0.25) is 0 Å². The molecule has 3 rings (SSSR count). The van der Waals surface area contributed by atoms with E-state index in [2.05, 4.69) is 16.4 Å². The molecule has 1 aromatic heterocycles. The van der Waals surface area contributed by atoms with Crippen molar-refractivity contribution in [3.05, 3.63) is 84.1 Å². The molecule has 0 aliphatic rings. The predicted octanol–water partition coefficient (Wildman–Crippen LogP) is 3.10. The zero-order valence-electron chi connectivity index (χ0n) is 17.4. The highest BCUT2D eigenvalue weighted by molar-refractivity contribution is 5.85. The Hall–Kier alpha value is -3.15. The number of aromatic nitrogens is 1. The van der Waals surface area contributed by atoms with Crippen molar-refractivity contribution >= 4 is 12.4 Å². The average Bonchev–Trinajstić information content (AvgIpc) is 2.81. The molecule has 0 unspecified atom stereocenters. The number of nitrogens with one attached hydrogen (secondary N) is 1. The lowest BCUT2D eigenvalue weighted by atomic mass is 10.1. The van der Waals surface area contributed by atoms with Crippen molar-refractivity contribution in [1.29, 1.82) is 5.26 Å². The molecular weight excluding hydrogens is 430 g/mol. The highest BCUT2D eigenvalue weighted by Gasteiger charge is 2.13. The number of rotatable bonds is 11. The summed E-state index contributed by atoms with van der Waals surface area (Å²) < 4.78 is 11.3. The van der Waals surface area contributed by atoms with Gasteiger partial charge in [-0.05, 0) is 48.4 Å². The van der Waals surface area contributed by atoms with E-state index in [9.17, 15) is 15.5 Å². The SMILES string of the molecule is Cl.N#Cc1cccnc1Oc1cccc(C[C@H](CO)NC[C@H](O)COc2ccccc2)c1. The van der Waals surface area contributed by atoms with Gasteiger partial charge in [0.25, 0.3) is 0 Å². The molecule has 0 bridgehead atoms. The Balaban J connectivity index is 0.00000363. The number of nitrogens with zero attached hydrogens (tertiary/aromatic N) is 2. The van der Waals surface area contributed by atoms with E-state index >= 15 is 0 Å². The van der Waals surface area contributed by atoms with E-state index < -0.39 is 6.10 Å². The maximum Gasteiger partial charge on any atom is 0.237 e. The molecule has 8 heteroatoms. The van der Waals surface area contributed by atoms with Gasteiger partial charge in [-0.2, -0.15) is 5.26 Å². The number of benzene rings is 2. The summed E-state index contributed by atoms with van der Waals surface area (Å²) in [6.07, 6.45) is 1.39. The Kier molecular flexibility index (Phi) is 10.4. The molecule has 2 aromatic carbocycles. The standard InChI is InChI=1S/C24H25N3O4.ClH/c25-14-19-7-5-11-26-24(19)31-23-10-4-6-18(13-23)12-20(16-28)27-15-21(29)17-30-22-8-2-1-3-9-22;/h1-11,13,20-21,27-29H,12,15-17H2;1H/t20-,21+;/m1./s1. The minimum Gasteiger partial charge on any atom is -0.491 e. The van der Waals surface area contributed by atoms with E-state index in [1.54, 1.807) is 24.4 Å². The topological polar surface area (TPSA) is 108 Å². The van der Waals surface area contributed by atoms with Crippen LogP contribution in [0, 0.1) is 11.3 Å². The molecule has 2 atom stereocenters. The van der Waals surface area contributed by atoms with Gasteiger partial charge in [0, 0.05) is 18.8 Å². The Morgan fingerprint density at radius 3 is 2.56 bits per heavy atom. The smallest absolute Gasteiger partial charge is 0.237 e. The minimum absolute atomic E-state index is 0. The van der Waals surface area contributed by atoms with Crippen LogP contribution in [-0.4, -0.2) is 47.1 Å². The van der Waals surface area contributed by atoms with E-state index in [0.29, 0.717) is 23.5 Å². The summed E-state index contributed by atoms with van der Waals surface area (Å²) in [5.74, 6) is 1.51. The number of pyridine rings is 1. The Bertz CT molecular complexity index is 998. The van der Waals surface area contributed by atoms with Crippen molar-refractivity contribution in [2.75, 3.05) is 19.8 Å². The third-order valence-electron chi connectivity index (χ3n) is 4.53. The zero-order chi connectivity index (χ0) is 21.9. The van der Waals surface area contributed by atoms with E-state index in [1.165, 1.54) is 0 Å². The van der Waals surface area contributed by atoms with Crippen LogP contribution in [0.4, 0.5) is 0 Å². The third-order valence-corrected chi connectivity index (χ3v) is 4.53. The van der Waals surface area contributed by atoms with Crippen molar-refractivity contribution in [3.63, 3.8) is 0 Å². The molecule has 0 aliphatic carbocycles. The summed E-state index contributed by atoms with van der Waals surface area (Å²) in [4.78, 5) is 4.10. The molecule has 0 aliphatic heterocycles. The molecule has 1 heterocycles. The van der Waals surface area contributed by atoms with Gasteiger partial charge in [0.2, 0.25) is 5.88 Å². The summed E-state index contributed by atoms with van der Waals surface area (Å²) in [6.45, 7) is 0.355. The monoisotopic (exact) mass is 455 g/mol. The van der Waals surface area contributed by atoms with Crippen LogP contribution in [0.3, 0.4) is 0 Å². The van der Waals surface area contributed by atoms with Crippen LogP contribution in [0.15, 0.2) is 72.9 Å². The van der Waals surface area contributed by atoms with Crippen LogP contribution in [0.1, 0.15) is 11.1 Å². The van der Waals surface area contributed by atoms with Crippen LogP contribution in [0.5, 0.6) is 17.4 Å². The second-order valence-corrected chi connectivity index (χ2v) is 6.99. The normalized spacial score (nSPS) is 12.2. The maximum absolute atomic E-state index is 10.2. The Morgan fingerprint density at radius 2 is 1.81 bits per heavy atom. The van der Waals surface area contributed by atoms with Crippen LogP contribution < -0.4 is 14.8 Å². The number of hydrogen-bond acceptors (Lipinski definition) is 7. The first-order valence-electron chi connectivity index (χ1n) is 10.00. The Morgan fingerprint density at radius 1 is 1.03 bits per heavy atom. The first-order valence-corrected chi connectivity index (χ1v) is 10.00. The van der Waals surface area contributed by atoms with Gasteiger partial charge in [-0.25, -0.2) is 4.98 Å². The van der Waals surface area contributed by atoms with Crippen LogP contribution in [-0.2, 0) is 6.42 Å². The van der Waals surface area contributed by atoms with Gasteiger partial charge in [0.15, 0.2) is 0 Å². The van der Waals surface area contributed by atoms with Crippen molar-refractivity contribution < 1.29 is 19.7 Å². The quantitative estimate of drug-likeness (QED) is 0.407. The highest BCUT2D eigenvalue weighted by Crippen LogP contribution is 2.23. The maximum atomic E-state index is 10.2. The molecule has 7 nitrogen and oxygen atoms in total. The summed E-state index contributed by atoms with van der Waals surface area (Å²) in [5.41, 5.74) is 1.29. The fourth-order valence-electron chi connectivity index (χ4n) is 2.96. The van der Waals surface area contributed by atoms with Gasteiger partial charge >= 0.3 is 0 Å². The molecule has 32 heavy (non-hydrogen) atoms. The van der Waals surface area contributed by atoms with Gasteiger partial charge in [-0.1, -0.05) is 30.3 Å². The molecule has 3 aromatic rings. The number of aliphatic hydroxyl groups excluding tert-OH is 2. The molecule has 0 radical (unpaired) electrons. The highest BCUT2D eigenvalue weighted by atomic mass is 35.5. The fourth-order valence-corrected chi connectivity index (χ4v) is 2.96. The second kappa shape index (κ2) is 13.3. The number of halogens is 1. The lowest BCUT2D eigenvalue weighted by Crippen LogP contribution is -2.41. The summed E-state index contributed by atoms with van der Waals surface area (Å²) in [7, 11) is 0. The first-order chi connectivity index (χ1) is 15.2. The lowest BCUT2D eigenvalue weighted by molar-refractivity contribution is 0.0997. The van der Waals surface area contributed by atoms with Gasteiger partial charge < -0.3 is 25.0 Å². The third kappa shape index (κ3) is 7.84. The number of para-hydroxylation sites is 1. The van der Waals surface area contributed by atoms with Crippen molar-refractivity contribution in [1.82, 2.24) is 10.3 Å². The first kappa shape index (κ1) is 25.1. The summed E-state index contributed by atoms with van der Waals surface area (Å²) in [6, 6.07) is 21.8. The van der Waals surface area contributed by atoms with E-state index in [4.69, 9.17) is 9.47 Å². The minimum atomic E-state index is -0.711. The van der Waals surface area contributed by atoms with Gasteiger partial charge in [0.1, 0.15) is 35.8 Å². The predicted molar refractivity (Wildman–Crippen MR) is 123 cm³/mol. The molecule has 0 fully saturated rings. The molecule has 0 spiro atoms. The van der Waals surface area contributed by atoms with Crippen molar-refractivity contribution in [2.45, 2.75) is 18.6 Å². The van der Waals surface area contributed by atoms with Gasteiger partial charge in [0.05, 0.1) is 6.61 Å². The number of ether oxygens (including phenoxy) is 2. The second-order valence-electron chi connectivity index (χ2n) is 6.99. The van der Waals surface area contributed by atoms with E-state index in [-0.39, 0.29) is 44.1 Å². The molecule has 168 valence electrons. The fraction of sp³-hybridized carbons (Fsp3) is 0.250. The molecule has 0 saturated heterocycles. The van der Waals surface area contributed by atoms with Crippen LogP contribution in [0.25, 0.3) is 0 Å². The lowest BCUT2D eigenvalue weighted by Gasteiger charge is -2.19. The Labute approximate surface area is 193 Å². The zero-order valence-corrected chi connectivity index (χ0v) is 18.2. The van der Waals surface area contributed by atoms with Crippen molar-refractivity contribution in [3.8, 4) is 23.4 Å². The molecule has 0 amide bonds. The number of aliphatic hydroxyl groups is 2. The van der Waals surface area contributed by atoms with E-state index in [1.807, 2.05) is 48.5 Å². The molecule has 3 N–H and O–H groups in total. The molecule has 0 saturated carbocycles. The van der Waals surface area contributed by atoms with Gasteiger partial charge in [-0.15, -0.1) is 12.4 Å². The van der Waals surface area contributed by atoms with Crippen molar-refractivity contribution in [2.24, 2.45) is 0 Å². The average molecular weight is 456 g/mol. The number of hydrogen-bond donors (Lipinski definition) is 3. The van der Waals surface area contributed by atoms with E-state index in [0.717, 1.165) is 5.56 Å². The van der Waals surface area contributed by atoms with Crippen LogP contribution >= 0.6 is 12.4 Å². The molecular formula is C24H26ClN3O4. The summed E-state index contributed by atoms with van der Waals surface area (Å²) in [5, 5.41) is 32.2. The van der Waals surface area contributed by atoms with Crippen LogP contribution in [0.2, 0.25) is 0 Å². The summed E-state index contributed by atoms with van der Waals surface area (Å²) >= 11 is 0.